The van der Waals surface area contributed by atoms with Crippen LogP contribution < -0.4 is 5.56 Å². The van der Waals surface area contributed by atoms with Crippen LogP contribution in [0.1, 0.15) is 37.0 Å². The molecule has 6 heteroatoms. The second-order valence-corrected chi connectivity index (χ2v) is 7.46. The van der Waals surface area contributed by atoms with E-state index in [4.69, 9.17) is 0 Å². The van der Waals surface area contributed by atoms with Gasteiger partial charge in [0.05, 0.1) is 18.3 Å². The van der Waals surface area contributed by atoms with Crippen LogP contribution in [-0.4, -0.2) is 19.3 Å². The first-order chi connectivity index (χ1) is 13.9. The van der Waals surface area contributed by atoms with Crippen LogP contribution in [0.15, 0.2) is 71.8 Å². The average molecular weight is 391 g/mol. The van der Waals surface area contributed by atoms with E-state index in [9.17, 15) is 14.3 Å². The minimum atomic E-state index is -0.796. The maximum Gasteiger partial charge on any atom is 0.276 e. The Bertz CT molecular complexity index is 1190. The summed E-state index contributed by atoms with van der Waals surface area (Å²) >= 11 is 0. The molecule has 5 nitrogen and oxygen atoms in total. The van der Waals surface area contributed by atoms with Crippen molar-refractivity contribution in [2.75, 3.05) is 0 Å². The quantitative estimate of drug-likeness (QED) is 0.556. The van der Waals surface area contributed by atoms with Crippen molar-refractivity contribution in [3.05, 3.63) is 94.3 Å². The van der Waals surface area contributed by atoms with Crippen molar-refractivity contribution in [3.63, 3.8) is 0 Å². The van der Waals surface area contributed by atoms with Gasteiger partial charge >= 0.3 is 0 Å². The van der Waals surface area contributed by atoms with Gasteiger partial charge in [-0.2, -0.15) is 5.10 Å². The van der Waals surface area contributed by atoms with Crippen molar-refractivity contribution in [2.45, 2.75) is 32.4 Å². The van der Waals surface area contributed by atoms with Gasteiger partial charge in [-0.1, -0.05) is 38.1 Å². The van der Waals surface area contributed by atoms with Crippen molar-refractivity contribution in [1.29, 1.82) is 0 Å². The smallest absolute Gasteiger partial charge is 0.276 e. The van der Waals surface area contributed by atoms with E-state index >= 15 is 0 Å². The summed E-state index contributed by atoms with van der Waals surface area (Å²) in [7, 11) is 0. The summed E-state index contributed by atoms with van der Waals surface area (Å²) in [4.78, 5) is 12.9. The van der Waals surface area contributed by atoms with Gasteiger partial charge in [-0.3, -0.25) is 4.79 Å². The predicted octanol–water partition coefficient (Wildman–Crippen LogP) is 4.16. The molecule has 0 spiro atoms. The van der Waals surface area contributed by atoms with Gasteiger partial charge in [0, 0.05) is 18.0 Å². The van der Waals surface area contributed by atoms with Crippen LogP contribution in [0.2, 0.25) is 0 Å². The van der Waals surface area contributed by atoms with Crippen molar-refractivity contribution in [2.24, 2.45) is 0 Å². The number of fused-ring (bicyclic) bond motifs is 1. The van der Waals surface area contributed by atoms with E-state index in [-0.39, 0.29) is 17.9 Å². The number of hydrogen-bond donors (Lipinski definition) is 1. The zero-order valence-corrected chi connectivity index (χ0v) is 16.3. The molecule has 2 aromatic heterocycles. The molecule has 0 aliphatic carbocycles. The molecule has 0 aliphatic rings. The van der Waals surface area contributed by atoms with E-state index in [2.05, 4.69) is 18.9 Å². The lowest BCUT2D eigenvalue weighted by Gasteiger charge is -2.14. The van der Waals surface area contributed by atoms with Gasteiger partial charge in [-0.05, 0) is 47.4 Å². The SMILES string of the molecule is CC(C)c1ccc([C@H](O)Cn2ccn3nc(-c4ccc(F)cc4)cc3c2=O)cc1. The second-order valence-electron chi connectivity index (χ2n) is 7.46. The molecule has 0 saturated heterocycles. The molecule has 2 aromatic carbocycles. The fourth-order valence-electron chi connectivity index (χ4n) is 3.33. The van der Waals surface area contributed by atoms with Crippen LogP contribution in [0.3, 0.4) is 0 Å². The normalized spacial score (nSPS) is 12.6. The van der Waals surface area contributed by atoms with Crippen molar-refractivity contribution < 1.29 is 9.50 Å². The van der Waals surface area contributed by atoms with Crippen molar-refractivity contribution in [3.8, 4) is 11.3 Å². The average Bonchev–Trinajstić information content (AvgIpc) is 3.16. The Hall–Kier alpha value is -3.25. The van der Waals surface area contributed by atoms with Crippen LogP contribution in [0, 0.1) is 5.82 Å². The number of aliphatic hydroxyl groups excluding tert-OH is 1. The van der Waals surface area contributed by atoms with Crippen LogP contribution in [0.5, 0.6) is 0 Å². The number of aromatic nitrogens is 3. The second kappa shape index (κ2) is 7.64. The number of rotatable bonds is 5. The molecule has 148 valence electrons. The molecule has 0 unspecified atom stereocenters. The lowest BCUT2D eigenvalue weighted by molar-refractivity contribution is 0.155. The highest BCUT2D eigenvalue weighted by atomic mass is 19.1. The van der Waals surface area contributed by atoms with Crippen LogP contribution >= 0.6 is 0 Å². The standard InChI is InChI=1S/C23H22FN3O2/c1-15(2)16-3-5-18(6-4-16)22(28)14-26-11-12-27-21(23(26)29)13-20(25-27)17-7-9-19(24)10-8-17/h3-13,15,22,28H,14H2,1-2H3/t22-/m1/s1. The highest BCUT2D eigenvalue weighted by molar-refractivity contribution is 5.65. The van der Waals surface area contributed by atoms with E-state index in [1.807, 2.05) is 24.3 Å². The monoisotopic (exact) mass is 391 g/mol. The molecule has 4 rings (SSSR count). The number of aliphatic hydroxyl groups is 1. The van der Waals surface area contributed by atoms with Gasteiger partial charge < -0.3 is 9.67 Å². The van der Waals surface area contributed by atoms with Crippen LogP contribution in [0.4, 0.5) is 4.39 Å². The van der Waals surface area contributed by atoms with E-state index in [1.54, 1.807) is 30.6 Å². The Kier molecular flexibility index (Phi) is 5.03. The Morgan fingerprint density at radius 1 is 1.00 bits per heavy atom. The lowest BCUT2D eigenvalue weighted by atomic mass is 10.00. The first-order valence-electron chi connectivity index (χ1n) is 9.55. The number of benzene rings is 2. The summed E-state index contributed by atoms with van der Waals surface area (Å²) in [6.07, 6.45) is 2.50. The fourth-order valence-corrected chi connectivity index (χ4v) is 3.33. The maximum absolute atomic E-state index is 13.1. The number of halogens is 1. The molecule has 29 heavy (non-hydrogen) atoms. The first kappa shape index (κ1) is 19.1. The molecule has 2 heterocycles. The van der Waals surface area contributed by atoms with E-state index in [0.717, 1.165) is 11.1 Å². The summed E-state index contributed by atoms with van der Waals surface area (Å²) in [5.41, 5.74) is 3.44. The molecule has 1 N–H and O–H groups in total. The number of nitrogens with zero attached hydrogens (tertiary/aromatic N) is 3. The van der Waals surface area contributed by atoms with Gasteiger partial charge in [0.1, 0.15) is 11.3 Å². The lowest BCUT2D eigenvalue weighted by Crippen LogP contribution is -2.24. The van der Waals surface area contributed by atoms with Gasteiger partial charge in [0.15, 0.2) is 0 Å². The van der Waals surface area contributed by atoms with Gasteiger partial charge in [0.25, 0.3) is 5.56 Å². The molecule has 0 amide bonds. The zero-order valence-electron chi connectivity index (χ0n) is 16.3. The molecular formula is C23H22FN3O2. The third kappa shape index (κ3) is 3.84. The predicted molar refractivity (Wildman–Crippen MR) is 110 cm³/mol. The first-order valence-corrected chi connectivity index (χ1v) is 9.55. The van der Waals surface area contributed by atoms with E-state index in [1.165, 1.54) is 26.8 Å². The zero-order chi connectivity index (χ0) is 20.5. The summed E-state index contributed by atoms with van der Waals surface area (Å²) in [5.74, 6) is 0.0960. The van der Waals surface area contributed by atoms with Crippen molar-refractivity contribution >= 4 is 5.52 Å². The Balaban J connectivity index is 1.61. The Morgan fingerprint density at radius 3 is 2.31 bits per heavy atom. The maximum atomic E-state index is 13.1. The Morgan fingerprint density at radius 2 is 1.66 bits per heavy atom. The summed E-state index contributed by atoms with van der Waals surface area (Å²) in [6, 6.07) is 15.4. The minimum absolute atomic E-state index is 0.146. The molecular weight excluding hydrogens is 369 g/mol. The molecule has 0 fully saturated rings. The van der Waals surface area contributed by atoms with Crippen LogP contribution in [0.25, 0.3) is 16.8 Å². The number of hydrogen-bond acceptors (Lipinski definition) is 3. The topological polar surface area (TPSA) is 59.5 Å². The molecule has 0 bridgehead atoms. The molecule has 0 radical (unpaired) electrons. The summed E-state index contributed by atoms with van der Waals surface area (Å²) in [6.45, 7) is 4.38. The summed E-state index contributed by atoms with van der Waals surface area (Å²) in [5, 5.41) is 15.0. The van der Waals surface area contributed by atoms with Crippen molar-refractivity contribution in [1.82, 2.24) is 14.2 Å². The molecule has 0 saturated carbocycles. The van der Waals surface area contributed by atoms with Gasteiger partial charge in [-0.25, -0.2) is 8.91 Å². The highest BCUT2D eigenvalue weighted by Crippen LogP contribution is 2.21. The van der Waals surface area contributed by atoms with Gasteiger partial charge in [0.2, 0.25) is 0 Å². The molecule has 4 aromatic rings. The minimum Gasteiger partial charge on any atom is -0.387 e. The third-order valence-corrected chi connectivity index (χ3v) is 5.10. The third-order valence-electron chi connectivity index (χ3n) is 5.10. The van der Waals surface area contributed by atoms with E-state index < -0.39 is 6.10 Å². The largest absolute Gasteiger partial charge is 0.387 e. The van der Waals surface area contributed by atoms with Gasteiger partial charge in [-0.15, -0.1) is 0 Å². The van der Waals surface area contributed by atoms with E-state index in [0.29, 0.717) is 17.1 Å². The molecule has 1 atom stereocenters. The Labute approximate surface area is 167 Å². The van der Waals surface area contributed by atoms with Crippen LogP contribution in [-0.2, 0) is 6.54 Å². The summed E-state index contributed by atoms with van der Waals surface area (Å²) < 4.78 is 16.1. The fraction of sp³-hybridized carbons (Fsp3) is 0.217. The molecule has 0 aliphatic heterocycles. The highest BCUT2D eigenvalue weighted by Gasteiger charge is 2.13.